The SMILES string of the molecule is C=C(C)C(=O)OCCCC(C)(O)C(C)(C)O.[SiH4]. The summed E-state index contributed by atoms with van der Waals surface area (Å²) < 4.78 is 4.88. The highest BCUT2D eigenvalue weighted by Gasteiger charge is 2.36. The van der Waals surface area contributed by atoms with E-state index in [1.54, 1.807) is 27.7 Å². The van der Waals surface area contributed by atoms with Gasteiger partial charge >= 0.3 is 5.97 Å². The Hall–Kier alpha value is -0.653. The minimum Gasteiger partial charge on any atom is -0.462 e. The molecule has 1 atom stereocenters. The molecule has 0 fully saturated rings. The van der Waals surface area contributed by atoms with E-state index >= 15 is 0 Å². The molecule has 1 unspecified atom stereocenters. The lowest BCUT2D eigenvalue weighted by Gasteiger charge is -2.35. The Morgan fingerprint density at radius 3 is 2.12 bits per heavy atom. The second-order valence-electron chi connectivity index (χ2n) is 4.85. The van der Waals surface area contributed by atoms with Gasteiger partial charge in [-0.15, -0.1) is 0 Å². The summed E-state index contributed by atoms with van der Waals surface area (Å²) in [7, 11) is 0. The summed E-state index contributed by atoms with van der Waals surface area (Å²) in [5, 5.41) is 19.6. The molecule has 5 heteroatoms. The van der Waals surface area contributed by atoms with E-state index < -0.39 is 17.2 Å². The number of rotatable bonds is 6. The fourth-order valence-corrected chi connectivity index (χ4v) is 1.01. The van der Waals surface area contributed by atoms with Gasteiger partial charge < -0.3 is 14.9 Å². The molecular weight excluding hydrogens is 236 g/mol. The Balaban J connectivity index is 0. The molecule has 0 saturated carbocycles. The van der Waals surface area contributed by atoms with E-state index in [2.05, 4.69) is 6.58 Å². The van der Waals surface area contributed by atoms with Crippen LogP contribution in [0.1, 0.15) is 40.5 Å². The van der Waals surface area contributed by atoms with Gasteiger partial charge in [0.2, 0.25) is 0 Å². The summed E-state index contributed by atoms with van der Waals surface area (Å²) in [6.07, 6.45) is 0.857. The van der Waals surface area contributed by atoms with Crippen molar-refractivity contribution in [1.82, 2.24) is 0 Å². The van der Waals surface area contributed by atoms with Crippen LogP contribution >= 0.6 is 0 Å². The molecule has 0 rings (SSSR count). The molecule has 0 aliphatic heterocycles. The molecular formula is C12H26O4Si. The minimum absolute atomic E-state index is 0. The summed E-state index contributed by atoms with van der Waals surface area (Å²) in [5.41, 5.74) is -2.01. The highest BCUT2D eigenvalue weighted by molar-refractivity contribution is 5.86. The molecule has 0 aliphatic carbocycles. The fraction of sp³-hybridized carbons (Fsp3) is 0.750. The molecule has 0 amide bonds. The van der Waals surface area contributed by atoms with Crippen molar-refractivity contribution >= 4 is 16.9 Å². The molecule has 2 N–H and O–H groups in total. The van der Waals surface area contributed by atoms with Crippen LogP contribution in [0, 0.1) is 0 Å². The molecule has 0 saturated heterocycles. The van der Waals surface area contributed by atoms with Crippen molar-refractivity contribution < 1.29 is 19.7 Å². The standard InChI is InChI=1S/C12H22O4.H4Si/c1-9(2)10(13)16-8-6-7-12(5,15)11(3,4)14;/h14-15H,1,6-8H2,2-5H3;1H4. The van der Waals surface area contributed by atoms with E-state index in [1.807, 2.05) is 0 Å². The third-order valence-corrected chi connectivity index (χ3v) is 2.71. The minimum atomic E-state index is -1.19. The second-order valence-corrected chi connectivity index (χ2v) is 4.85. The van der Waals surface area contributed by atoms with Crippen LogP contribution in [-0.4, -0.2) is 45.0 Å². The Kier molecular flexibility index (Phi) is 7.63. The summed E-state index contributed by atoms with van der Waals surface area (Å²) in [6, 6.07) is 0. The molecule has 0 bridgehead atoms. The van der Waals surface area contributed by atoms with Crippen LogP contribution in [0.15, 0.2) is 12.2 Å². The monoisotopic (exact) mass is 262 g/mol. The number of carbonyl (C=O) groups excluding carboxylic acids is 1. The second kappa shape index (κ2) is 6.93. The number of hydrogen-bond donors (Lipinski definition) is 2. The van der Waals surface area contributed by atoms with Gasteiger partial charge in [0.1, 0.15) is 0 Å². The van der Waals surface area contributed by atoms with Gasteiger partial charge in [0.05, 0.1) is 17.8 Å². The number of carbonyl (C=O) groups is 1. The smallest absolute Gasteiger partial charge is 0.333 e. The Labute approximate surface area is 108 Å². The van der Waals surface area contributed by atoms with Crippen molar-refractivity contribution in [2.75, 3.05) is 6.61 Å². The highest BCUT2D eigenvalue weighted by Crippen LogP contribution is 2.25. The molecule has 17 heavy (non-hydrogen) atoms. The van der Waals surface area contributed by atoms with Gasteiger partial charge in [0.15, 0.2) is 0 Å². The maximum Gasteiger partial charge on any atom is 0.333 e. The van der Waals surface area contributed by atoms with E-state index in [0.29, 0.717) is 18.4 Å². The van der Waals surface area contributed by atoms with Crippen molar-refractivity contribution in [3.63, 3.8) is 0 Å². The lowest BCUT2D eigenvalue weighted by atomic mass is 9.84. The average molecular weight is 262 g/mol. The summed E-state index contributed by atoms with van der Waals surface area (Å²) >= 11 is 0. The van der Waals surface area contributed by atoms with Gasteiger partial charge in [-0.25, -0.2) is 4.79 Å². The molecule has 0 aliphatic rings. The van der Waals surface area contributed by atoms with E-state index in [4.69, 9.17) is 4.74 Å². The quantitative estimate of drug-likeness (QED) is 0.305. The van der Waals surface area contributed by atoms with Gasteiger partial charge in [-0.1, -0.05) is 6.58 Å². The summed E-state index contributed by atoms with van der Waals surface area (Å²) in [4.78, 5) is 11.0. The zero-order valence-corrected chi connectivity index (χ0v) is 10.5. The lowest BCUT2D eigenvalue weighted by Crippen LogP contribution is -2.47. The van der Waals surface area contributed by atoms with E-state index in [0.717, 1.165) is 0 Å². The van der Waals surface area contributed by atoms with Crippen molar-refractivity contribution in [1.29, 1.82) is 0 Å². The fourth-order valence-electron chi connectivity index (χ4n) is 1.01. The average Bonchev–Trinajstić information content (AvgIpc) is 2.09. The molecule has 0 aromatic rings. The molecule has 0 aromatic heterocycles. The van der Waals surface area contributed by atoms with Crippen LogP contribution in [0.2, 0.25) is 0 Å². The van der Waals surface area contributed by atoms with E-state index in [1.165, 1.54) is 0 Å². The van der Waals surface area contributed by atoms with E-state index in [9.17, 15) is 15.0 Å². The number of aliphatic hydroxyl groups is 2. The topological polar surface area (TPSA) is 66.8 Å². The number of esters is 1. The molecule has 102 valence electrons. The van der Waals surface area contributed by atoms with Crippen molar-refractivity contribution in [2.24, 2.45) is 0 Å². The zero-order chi connectivity index (χ0) is 13.0. The summed E-state index contributed by atoms with van der Waals surface area (Å²) in [6.45, 7) is 9.92. The largest absolute Gasteiger partial charge is 0.462 e. The van der Waals surface area contributed by atoms with Gasteiger partial charge in [0, 0.05) is 5.57 Å². The van der Waals surface area contributed by atoms with Gasteiger partial charge in [-0.2, -0.15) is 0 Å². The van der Waals surface area contributed by atoms with Gasteiger partial charge in [-0.05, 0) is 51.5 Å². The zero-order valence-electron chi connectivity index (χ0n) is 10.5. The highest BCUT2D eigenvalue weighted by atomic mass is 28.1. The lowest BCUT2D eigenvalue weighted by molar-refractivity contribution is -0.141. The van der Waals surface area contributed by atoms with Crippen molar-refractivity contribution in [2.45, 2.75) is 51.7 Å². The molecule has 0 radical (unpaired) electrons. The first kappa shape index (κ1) is 18.7. The predicted octanol–water partition coefficient (Wildman–Crippen LogP) is -0.0438. The van der Waals surface area contributed by atoms with Crippen LogP contribution < -0.4 is 0 Å². The number of hydrogen-bond acceptors (Lipinski definition) is 4. The van der Waals surface area contributed by atoms with Crippen LogP contribution in [-0.2, 0) is 9.53 Å². The molecule has 0 spiro atoms. The first-order chi connectivity index (χ1) is 7.08. The molecule has 0 aromatic carbocycles. The summed E-state index contributed by atoms with van der Waals surface area (Å²) in [5.74, 6) is -0.428. The maximum absolute atomic E-state index is 11.0. The van der Waals surface area contributed by atoms with Crippen molar-refractivity contribution in [3.05, 3.63) is 12.2 Å². The third kappa shape index (κ3) is 6.60. The van der Waals surface area contributed by atoms with Crippen LogP contribution in [0.25, 0.3) is 0 Å². The number of ether oxygens (including phenoxy) is 1. The molecule has 0 heterocycles. The Morgan fingerprint density at radius 1 is 1.29 bits per heavy atom. The van der Waals surface area contributed by atoms with Crippen LogP contribution in [0.5, 0.6) is 0 Å². The van der Waals surface area contributed by atoms with Gasteiger partial charge in [0.25, 0.3) is 0 Å². The normalized spacial score (nSPS) is 14.5. The molecule has 4 nitrogen and oxygen atoms in total. The van der Waals surface area contributed by atoms with Crippen molar-refractivity contribution in [3.8, 4) is 0 Å². The van der Waals surface area contributed by atoms with E-state index in [-0.39, 0.29) is 17.6 Å². The third-order valence-electron chi connectivity index (χ3n) is 2.71. The van der Waals surface area contributed by atoms with Crippen LogP contribution in [0.4, 0.5) is 0 Å². The predicted molar refractivity (Wildman–Crippen MR) is 73.3 cm³/mol. The Bertz CT molecular complexity index is 266. The van der Waals surface area contributed by atoms with Crippen LogP contribution in [0.3, 0.4) is 0 Å². The first-order valence-corrected chi connectivity index (χ1v) is 5.35. The Morgan fingerprint density at radius 2 is 1.76 bits per heavy atom. The first-order valence-electron chi connectivity index (χ1n) is 5.35. The maximum atomic E-state index is 11.0. The van der Waals surface area contributed by atoms with Gasteiger partial charge in [-0.3, -0.25) is 0 Å².